The predicted molar refractivity (Wildman–Crippen MR) is 110 cm³/mol. The van der Waals surface area contributed by atoms with Crippen LogP contribution in [0.1, 0.15) is 39.2 Å². The van der Waals surface area contributed by atoms with Crippen molar-refractivity contribution in [1.82, 2.24) is 5.32 Å². The molecule has 1 N–H and O–H groups in total. The van der Waals surface area contributed by atoms with Gasteiger partial charge >= 0.3 is 12.1 Å². The minimum absolute atomic E-state index is 0.00652. The van der Waals surface area contributed by atoms with Crippen LogP contribution in [0.4, 0.5) is 4.79 Å². The minimum Gasteiger partial charge on any atom is -0.459 e. The average Bonchev–Trinajstić information content (AvgIpc) is 2.54. The fraction of sp³-hybridized carbons (Fsp3) is 0.550. The molecular weight excluding hydrogens is 382 g/mol. The van der Waals surface area contributed by atoms with Crippen molar-refractivity contribution >= 4 is 27.8 Å². The summed E-state index contributed by atoms with van der Waals surface area (Å²) in [6, 6.07) is 8.10. The highest BCUT2D eigenvalue weighted by Crippen LogP contribution is 2.10. The Bertz CT molecular complexity index is 720. The summed E-state index contributed by atoms with van der Waals surface area (Å²) in [4.78, 5) is 36.5. The topological polar surface area (TPSA) is 98.8 Å². The fourth-order valence-corrected chi connectivity index (χ4v) is 3.34. The molecule has 1 amide bonds. The standard InChI is InChI=1S/C20H31NO6S/c1-20(2,3)27-19(24)21-17(12-11-16(22)14-28(4,5)25)18(23)26-13-15-9-7-6-8-10-15/h6-10,17,28H,11-14H2,1-5H3,(H,21,24). The van der Waals surface area contributed by atoms with Crippen molar-refractivity contribution in [1.29, 1.82) is 0 Å². The molecule has 0 aliphatic carbocycles. The number of amides is 1. The van der Waals surface area contributed by atoms with Gasteiger partial charge in [-0.2, -0.15) is 0 Å². The molecule has 0 bridgehead atoms. The van der Waals surface area contributed by atoms with Crippen molar-refractivity contribution < 1.29 is 28.1 Å². The van der Waals surface area contributed by atoms with E-state index in [-0.39, 0.29) is 31.0 Å². The highest BCUT2D eigenvalue weighted by atomic mass is 32.2. The van der Waals surface area contributed by atoms with Crippen molar-refractivity contribution in [3.05, 3.63) is 35.9 Å². The second-order valence-corrected chi connectivity index (χ2v) is 11.6. The third kappa shape index (κ3) is 10.8. The summed E-state index contributed by atoms with van der Waals surface area (Å²) >= 11 is 0. The molecule has 0 spiro atoms. The van der Waals surface area contributed by atoms with E-state index >= 15 is 0 Å². The third-order valence-corrected chi connectivity index (χ3v) is 4.58. The second-order valence-electron chi connectivity index (χ2n) is 8.10. The molecule has 7 nitrogen and oxygen atoms in total. The maximum Gasteiger partial charge on any atom is 0.408 e. The molecule has 0 heterocycles. The molecule has 0 radical (unpaired) electrons. The van der Waals surface area contributed by atoms with Crippen molar-refractivity contribution in [2.45, 2.75) is 51.9 Å². The van der Waals surface area contributed by atoms with E-state index in [1.165, 1.54) is 12.5 Å². The van der Waals surface area contributed by atoms with Gasteiger partial charge in [0.25, 0.3) is 0 Å². The number of benzene rings is 1. The molecule has 1 rings (SSSR count). The largest absolute Gasteiger partial charge is 0.459 e. The Balaban J connectivity index is 2.72. The number of esters is 1. The smallest absolute Gasteiger partial charge is 0.408 e. The first kappa shape index (κ1) is 23.8. The summed E-state index contributed by atoms with van der Waals surface area (Å²) in [6.45, 7) is 5.18. The fourth-order valence-electron chi connectivity index (χ4n) is 2.34. The van der Waals surface area contributed by atoms with Crippen LogP contribution in [0.5, 0.6) is 0 Å². The summed E-state index contributed by atoms with van der Waals surface area (Å²) in [5.41, 5.74) is 0.0796. The number of thiol groups is 1. The quantitative estimate of drug-likeness (QED) is 0.476. The van der Waals surface area contributed by atoms with Crippen LogP contribution in [0.15, 0.2) is 30.3 Å². The number of rotatable bonds is 9. The number of carbonyl (C=O) groups excluding carboxylic acids is 3. The van der Waals surface area contributed by atoms with Gasteiger partial charge in [0.15, 0.2) is 0 Å². The first-order valence-electron chi connectivity index (χ1n) is 9.11. The van der Waals surface area contributed by atoms with Gasteiger partial charge in [0.2, 0.25) is 0 Å². The zero-order valence-electron chi connectivity index (χ0n) is 17.2. The number of hydrogen-bond acceptors (Lipinski definition) is 6. The van der Waals surface area contributed by atoms with E-state index < -0.39 is 33.6 Å². The number of hydrogen-bond donors (Lipinski definition) is 2. The molecule has 1 aromatic carbocycles. The van der Waals surface area contributed by atoms with Gasteiger partial charge < -0.3 is 14.8 Å². The second kappa shape index (κ2) is 10.4. The van der Waals surface area contributed by atoms with Gasteiger partial charge in [0, 0.05) is 6.42 Å². The van der Waals surface area contributed by atoms with Crippen LogP contribution in [0, 0.1) is 0 Å². The van der Waals surface area contributed by atoms with Gasteiger partial charge in [-0.25, -0.2) is 9.59 Å². The van der Waals surface area contributed by atoms with Gasteiger partial charge in [-0.3, -0.25) is 9.00 Å². The summed E-state index contributed by atoms with van der Waals surface area (Å²) in [7, 11) is -2.49. The van der Waals surface area contributed by atoms with Crippen LogP contribution in [-0.4, -0.2) is 52.0 Å². The van der Waals surface area contributed by atoms with E-state index in [0.717, 1.165) is 5.56 Å². The van der Waals surface area contributed by atoms with Gasteiger partial charge in [0.1, 0.15) is 24.0 Å². The van der Waals surface area contributed by atoms with Gasteiger partial charge in [0.05, 0.1) is 5.75 Å². The first-order valence-corrected chi connectivity index (χ1v) is 11.9. The number of carbonyl (C=O) groups is 3. The van der Waals surface area contributed by atoms with Crippen LogP contribution < -0.4 is 5.32 Å². The molecule has 0 saturated heterocycles. The molecular formula is C20H31NO6S. The zero-order chi connectivity index (χ0) is 21.4. The lowest BCUT2D eigenvalue weighted by molar-refractivity contribution is -0.147. The molecule has 0 aliphatic rings. The molecule has 8 heteroatoms. The number of Topliss-reactive ketones (excluding diaryl/α,β-unsaturated/α-hetero) is 1. The van der Waals surface area contributed by atoms with Crippen molar-refractivity contribution in [3.63, 3.8) is 0 Å². The molecule has 1 atom stereocenters. The summed E-state index contributed by atoms with van der Waals surface area (Å²) < 4.78 is 22.3. The Kier molecular flexibility index (Phi) is 8.81. The van der Waals surface area contributed by atoms with E-state index in [1.54, 1.807) is 20.8 Å². The highest BCUT2D eigenvalue weighted by Gasteiger charge is 2.26. The Hall–Kier alpha value is -2.22. The van der Waals surface area contributed by atoms with E-state index in [0.29, 0.717) is 0 Å². The number of ether oxygens (including phenoxy) is 2. The highest BCUT2D eigenvalue weighted by molar-refractivity contribution is 8.02. The van der Waals surface area contributed by atoms with Gasteiger partial charge in [-0.1, -0.05) is 30.3 Å². The van der Waals surface area contributed by atoms with Crippen molar-refractivity contribution in [2.24, 2.45) is 0 Å². The molecule has 1 unspecified atom stereocenters. The molecule has 0 fully saturated rings. The van der Waals surface area contributed by atoms with Crippen LogP contribution in [0.25, 0.3) is 0 Å². The molecule has 0 aromatic heterocycles. The molecule has 0 saturated carbocycles. The SMILES string of the molecule is CC(C)(C)OC(=O)NC(CCC(=O)C[SH](C)(C)=O)C(=O)OCc1ccccc1. The Morgan fingerprint density at radius 1 is 1.11 bits per heavy atom. The van der Waals surface area contributed by atoms with E-state index in [1.807, 2.05) is 30.3 Å². The monoisotopic (exact) mass is 413 g/mol. The first-order chi connectivity index (χ1) is 12.9. The lowest BCUT2D eigenvalue weighted by Gasteiger charge is -2.23. The predicted octanol–water partition coefficient (Wildman–Crippen LogP) is 2.25. The molecule has 158 valence electrons. The summed E-state index contributed by atoms with van der Waals surface area (Å²) in [6.07, 6.45) is 2.36. The van der Waals surface area contributed by atoms with Crippen LogP contribution in [0.2, 0.25) is 0 Å². The lowest BCUT2D eigenvalue weighted by Crippen LogP contribution is -2.44. The van der Waals surface area contributed by atoms with E-state index in [9.17, 15) is 18.6 Å². The zero-order valence-corrected chi connectivity index (χ0v) is 18.1. The number of alkyl carbamates (subject to hydrolysis) is 1. The van der Waals surface area contributed by atoms with E-state index in [2.05, 4.69) is 5.32 Å². The van der Waals surface area contributed by atoms with Crippen LogP contribution in [0.3, 0.4) is 0 Å². The molecule has 0 aliphatic heterocycles. The summed E-state index contributed by atoms with van der Waals surface area (Å²) in [5.74, 6) is -0.913. The average molecular weight is 414 g/mol. The molecule has 28 heavy (non-hydrogen) atoms. The lowest BCUT2D eigenvalue weighted by atomic mass is 10.1. The van der Waals surface area contributed by atoms with Gasteiger partial charge in [-0.05, 0) is 45.3 Å². The van der Waals surface area contributed by atoms with Crippen molar-refractivity contribution in [2.75, 3.05) is 18.3 Å². The maximum atomic E-state index is 12.5. The Morgan fingerprint density at radius 3 is 2.25 bits per heavy atom. The number of nitrogens with one attached hydrogen (secondary N) is 1. The van der Waals surface area contributed by atoms with Crippen molar-refractivity contribution in [3.8, 4) is 0 Å². The minimum atomic E-state index is -2.49. The maximum absolute atomic E-state index is 12.5. The van der Waals surface area contributed by atoms with Gasteiger partial charge in [-0.15, -0.1) is 9.93 Å². The summed E-state index contributed by atoms with van der Waals surface area (Å²) in [5, 5.41) is 2.47. The molecule has 1 aromatic rings. The Labute approximate surface area is 167 Å². The normalized spacial score (nSPS) is 13.3. The van der Waals surface area contributed by atoms with Crippen LogP contribution >= 0.6 is 0 Å². The number of ketones is 1. The Morgan fingerprint density at radius 2 is 1.71 bits per heavy atom. The van der Waals surface area contributed by atoms with Crippen LogP contribution in [-0.2, 0) is 35.6 Å². The van der Waals surface area contributed by atoms with E-state index in [4.69, 9.17) is 9.47 Å². The third-order valence-electron chi connectivity index (χ3n) is 3.47.